The zero-order valence-corrected chi connectivity index (χ0v) is 7.95. The number of pyridine rings is 1. The van der Waals surface area contributed by atoms with Gasteiger partial charge in [0.25, 0.3) is 0 Å². The first-order valence-corrected chi connectivity index (χ1v) is 4.78. The molecule has 2 heterocycles. The monoisotopic (exact) mass is 202 g/mol. The highest BCUT2D eigenvalue weighted by molar-refractivity contribution is 7.13. The number of rotatable bonds is 2. The number of hydrogen-bond donors (Lipinski definition) is 1. The van der Waals surface area contributed by atoms with Gasteiger partial charge in [-0.05, 0) is 6.07 Å². The lowest BCUT2D eigenvalue weighted by molar-refractivity contribution is 1.29. The molecule has 0 aliphatic heterocycles. The Bertz CT molecular complexity index is 458. The van der Waals surface area contributed by atoms with E-state index in [0.717, 1.165) is 10.8 Å². The first-order chi connectivity index (χ1) is 6.88. The van der Waals surface area contributed by atoms with Crippen LogP contribution in [0.5, 0.6) is 0 Å². The van der Waals surface area contributed by atoms with E-state index in [1.54, 1.807) is 18.5 Å². The molecule has 2 aromatic heterocycles. The third-order valence-electron chi connectivity index (χ3n) is 1.55. The van der Waals surface area contributed by atoms with Gasteiger partial charge >= 0.3 is 0 Å². The molecule has 4 nitrogen and oxygen atoms in total. The number of anilines is 2. The Morgan fingerprint density at radius 2 is 2.36 bits per heavy atom. The summed E-state index contributed by atoms with van der Waals surface area (Å²) in [6, 6.07) is 3.76. The summed E-state index contributed by atoms with van der Waals surface area (Å²) in [5, 5.41) is 14.4. The number of nitriles is 1. The van der Waals surface area contributed by atoms with Gasteiger partial charge in [0.15, 0.2) is 5.13 Å². The molecule has 0 spiro atoms. The highest BCUT2D eigenvalue weighted by Gasteiger charge is 1.98. The summed E-state index contributed by atoms with van der Waals surface area (Å²) in [7, 11) is 0. The van der Waals surface area contributed by atoms with Crippen molar-refractivity contribution in [2.24, 2.45) is 0 Å². The van der Waals surface area contributed by atoms with Crippen molar-refractivity contribution < 1.29 is 0 Å². The maximum absolute atomic E-state index is 8.66. The Morgan fingerprint density at radius 1 is 1.43 bits per heavy atom. The maximum atomic E-state index is 8.66. The normalized spacial score (nSPS) is 9.36. The second-order valence-corrected chi connectivity index (χ2v) is 3.43. The number of thiazole rings is 1. The molecule has 2 aromatic rings. The predicted octanol–water partition coefficient (Wildman–Crippen LogP) is 2.15. The summed E-state index contributed by atoms with van der Waals surface area (Å²) in [6.45, 7) is 0. The molecule has 68 valence electrons. The standard InChI is InChI=1S/C9H6N4S/c10-4-7-3-8(6-11-5-7)13-9-12-1-2-14-9/h1-3,5-6H,(H,12,13). The first kappa shape index (κ1) is 8.66. The van der Waals surface area contributed by atoms with Crippen LogP contribution in [0.2, 0.25) is 0 Å². The van der Waals surface area contributed by atoms with Crippen LogP contribution in [0, 0.1) is 11.3 Å². The Morgan fingerprint density at radius 3 is 3.07 bits per heavy atom. The zero-order chi connectivity index (χ0) is 9.80. The van der Waals surface area contributed by atoms with Gasteiger partial charge in [-0.3, -0.25) is 4.98 Å². The Hall–Kier alpha value is -1.93. The number of aromatic nitrogens is 2. The quantitative estimate of drug-likeness (QED) is 0.810. The van der Waals surface area contributed by atoms with Crippen molar-refractivity contribution in [1.29, 1.82) is 5.26 Å². The van der Waals surface area contributed by atoms with Crippen molar-refractivity contribution >= 4 is 22.2 Å². The number of nitrogens with zero attached hydrogens (tertiary/aromatic N) is 3. The fourth-order valence-electron chi connectivity index (χ4n) is 0.978. The van der Waals surface area contributed by atoms with E-state index < -0.39 is 0 Å². The van der Waals surface area contributed by atoms with Gasteiger partial charge in [-0.1, -0.05) is 0 Å². The molecular formula is C9H6N4S. The molecule has 0 atom stereocenters. The minimum atomic E-state index is 0.534. The molecule has 0 aromatic carbocycles. The molecule has 0 amide bonds. The van der Waals surface area contributed by atoms with Gasteiger partial charge < -0.3 is 5.32 Å². The molecule has 0 aliphatic carbocycles. The zero-order valence-electron chi connectivity index (χ0n) is 7.14. The van der Waals surface area contributed by atoms with Gasteiger partial charge in [-0.15, -0.1) is 11.3 Å². The Labute approximate surface area is 84.9 Å². The van der Waals surface area contributed by atoms with Crippen molar-refractivity contribution in [3.8, 4) is 6.07 Å². The number of nitrogens with one attached hydrogen (secondary N) is 1. The summed E-state index contributed by atoms with van der Waals surface area (Å²) in [5.74, 6) is 0. The van der Waals surface area contributed by atoms with Crippen molar-refractivity contribution in [1.82, 2.24) is 9.97 Å². The van der Waals surface area contributed by atoms with E-state index >= 15 is 0 Å². The molecule has 0 saturated heterocycles. The van der Waals surface area contributed by atoms with Gasteiger partial charge in [-0.2, -0.15) is 5.26 Å². The van der Waals surface area contributed by atoms with E-state index in [2.05, 4.69) is 15.3 Å². The summed E-state index contributed by atoms with van der Waals surface area (Å²) in [5.41, 5.74) is 1.31. The molecule has 5 heteroatoms. The van der Waals surface area contributed by atoms with Crippen LogP contribution in [-0.4, -0.2) is 9.97 Å². The molecule has 0 bridgehead atoms. The van der Waals surface area contributed by atoms with E-state index in [-0.39, 0.29) is 0 Å². The van der Waals surface area contributed by atoms with Gasteiger partial charge in [-0.25, -0.2) is 4.98 Å². The molecule has 0 aliphatic rings. The van der Waals surface area contributed by atoms with Gasteiger partial charge in [0, 0.05) is 17.8 Å². The summed E-state index contributed by atoms with van der Waals surface area (Å²) < 4.78 is 0. The van der Waals surface area contributed by atoms with E-state index in [9.17, 15) is 0 Å². The van der Waals surface area contributed by atoms with E-state index in [1.165, 1.54) is 17.5 Å². The highest BCUT2D eigenvalue weighted by Crippen LogP contribution is 2.17. The lowest BCUT2D eigenvalue weighted by Crippen LogP contribution is -1.90. The maximum Gasteiger partial charge on any atom is 0.187 e. The molecule has 0 unspecified atom stereocenters. The lowest BCUT2D eigenvalue weighted by atomic mass is 10.3. The minimum Gasteiger partial charge on any atom is -0.330 e. The fraction of sp³-hybridized carbons (Fsp3) is 0. The molecular weight excluding hydrogens is 196 g/mol. The third-order valence-corrected chi connectivity index (χ3v) is 2.24. The highest BCUT2D eigenvalue weighted by atomic mass is 32.1. The molecule has 14 heavy (non-hydrogen) atoms. The van der Waals surface area contributed by atoms with E-state index in [1.807, 2.05) is 11.4 Å². The van der Waals surface area contributed by atoms with Gasteiger partial charge in [0.1, 0.15) is 6.07 Å². The smallest absolute Gasteiger partial charge is 0.187 e. The first-order valence-electron chi connectivity index (χ1n) is 3.90. The molecule has 0 radical (unpaired) electrons. The second-order valence-electron chi connectivity index (χ2n) is 2.54. The number of hydrogen-bond acceptors (Lipinski definition) is 5. The van der Waals surface area contributed by atoms with Crippen molar-refractivity contribution in [3.05, 3.63) is 35.6 Å². The van der Waals surface area contributed by atoms with Crippen LogP contribution < -0.4 is 5.32 Å². The average molecular weight is 202 g/mol. The van der Waals surface area contributed by atoms with Crippen LogP contribution >= 0.6 is 11.3 Å². The Balaban J connectivity index is 2.22. The van der Waals surface area contributed by atoms with Crippen LogP contribution in [0.25, 0.3) is 0 Å². The summed E-state index contributed by atoms with van der Waals surface area (Å²) in [6.07, 6.45) is 4.89. The second kappa shape index (κ2) is 3.85. The van der Waals surface area contributed by atoms with E-state index in [0.29, 0.717) is 5.56 Å². The van der Waals surface area contributed by atoms with Crippen molar-refractivity contribution in [3.63, 3.8) is 0 Å². The van der Waals surface area contributed by atoms with Crippen molar-refractivity contribution in [2.45, 2.75) is 0 Å². The van der Waals surface area contributed by atoms with Crippen LogP contribution in [0.4, 0.5) is 10.8 Å². The van der Waals surface area contributed by atoms with E-state index in [4.69, 9.17) is 5.26 Å². The predicted molar refractivity (Wildman–Crippen MR) is 54.3 cm³/mol. The SMILES string of the molecule is N#Cc1cncc(Nc2nccs2)c1. The Kier molecular flexibility index (Phi) is 2.38. The van der Waals surface area contributed by atoms with Crippen LogP contribution in [0.15, 0.2) is 30.0 Å². The minimum absolute atomic E-state index is 0.534. The third kappa shape index (κ3) is 1.87. The van der Waals surface area contributed by atoms with Gasteiger partial charge in [0.05, 0.1) is 17.4 Å². The molecule has 0 saturated carbocycles. The average Bonchev–Trinajstić information content (AvgIpc) is 2.71. The lowest BCUT2D eigenvalue weighted by Gasteiger charge is -2.00. The largest absolute Gasteiger partial charge is 0.330 e. The van der Waals surface area contributed by atoms with Crippen LogP contribution in [0.1, 0.15) is 5.56 Å². The molecule has 2 rings (SSSR count). The summed E-state index contributed by atoms with van der Waals surface area (Å²) in [4.78, 5) is 7.99. The van der Waals surface area contributed by atoms with Crippen LogP contribution in [0.3, 0.4) is 0 Å². The fourth-order valence-corrected chi connectivity index (χ4v) is 1.53. The molecule has 0 fully saturated rings. The van der Waals surface area contributed by atoms with Crippen LogP contribution in [-0.2, 0) is 0 Å². The topological polar surface area (TPSA) is 61.6 Å². The molecule has 1 N–H and O–H groups in total. The van der Waals surface area contributed by atoms with Crippen molar-refractivity contribution in [2.75, 3.05) is 5.32 Å². The summed E-state index contributed by atoms with van der Waals surface area (Å²) >= 11 is 1.50. The van der Waals surface area contributed by atoms with Gasteiger partial charge in [0.2, 0.25) is 0 Å².